The molecular weight excluding hydrogens is 236 g/mol. The van der Waals surface area contributed by atoms with Gasteiger partial charge in [0.25, 0.3) is 0 Å². The zero-order valence-electron chi connectivity index (χ0n) is 9.35. The number of hydrogen-bond acceptors (Lipinski definition) is 3. The van der Waals surface area contributed by atoms with E-state index in [1.54, 1.807) is 11.2 Å². The number of sulfonamides is 1. The molecule has 0 aromatic heterocycles. The SMILES string of the molecule is CCS(=O)(=O)N1CCCC(C)C1CN.Cl. The van der Waals surface area contributed by atoms with E-state index in [2.05, 4.69) is 6.92 Å². The summed E-state index contributed by atoms with van der Waals surface area (Å²) in [6.07, 6.45) is 2.04. The van der Waals surface area contributed by atoms with Crippen LogP contribution < -0.4 is 5.73 Å². The van der Waals surface area contributed by atoms with Gasteiger partial charge in [-0.1, -0.05) is 6.92 Å². The van der Waals surface area contributed by atoms with Gasteiger partial charge in [0.1, 0.15) is 0 Å². The van der Waals surface area contributed by atoms with Crippen molar-refractivity contribution >= 4 is 22.4 Å². The average molecular weight is 257 g/mol. The predicted molar refractivity (Wildman–Crippen MR) is 64.7 cm³/mol. The lowest BCUT2D eigenvalue weighted by Crippen LogP contribution is -2.51. The van der Waals surface area contributed by atoms with Gasteiger partial charge in [-0.25, -0.2) is 8.42 Å². The first-order valence-electron chi connectivity index (χ1n) is 5.22. The van der Waals surface area contributed by atoms with Crippen LogP contribution >= 0.6 is 12.4 Å². The zero-order chi connectivity index (χ0) is 10.8. The third kappa shape index (κ3) is 3.31. The zero-order valence-corrected chi connectivity index (χ0v) is 11.0. The van der Waals surface area contributed by atoms with Crippen LogP contribution in [-0.4, -0.2) is 37.6 Å². The maximum atomic E-state index is 11.7. The van der Waals surface area contributed by atoms with E-state index in [1.165, 1.54) is 0 Å². The van der Waals surface area contributed by atoms with Crippen molar-refractivity contribution in [1.82, 2.24) is 4.31 Å². The highest BCUT2D eigenvalue weighted by Crippen LogP contribution is 2.25. The van der Waals surface area contributed by atoms with E-state index in [-0.39, 0.29) is 24.2 Å². The number of nitrogens with zero attached hydrogens (tertiary/aromatic N) is 1. The summed E-state index contributed by atoms with van der Waals surface area (Å²) in [4.78, 5) is 0. The van der Waals surface area contributed by atoms with Gasteiger partial charge in [-0.15, -0.1) is 12.4 Å². The topological polar surface area (TPSA) is 63.4 Å². The Bertz CT molecular complexity index is 282. The second kappa shape index (κ2) is 6.03. The molecule has 0 saturated carbocycles. The van der Waals surface area contributed by atoms with Gasteiger partial charge in [0.15, 0.2) is 0 Å². The molecule has 6 heteroatoms. The fourth-order valence-electron chi connectivity index (χ4n) is 2.07. The van der Waals surface area contributed by atoms with E-state index in [1.807, 2.05) is 0 Å². The third-order valence-electron chi connectivity index (χ3n) is 3.03. The van der Waals surface area contributed by atoms with Gasteiger partial charge in [-0.05, 0) is 25.7 Å². The number of hydrogen-bond donors (Lipinski definition) is 1. The Hall–Kier alpha value is 0.160. The standard InChI is InChI=1S/C9H20N2O2S.ClH/c1-3-14(12,13)11-6-4-5-8(2)9(11)7-10;/h8-9H,3-7,10H2,1-2H3;1H. The van der Waals surface area contributed by atoms with Crippen molar-refractivity contribution in [3.05, 3.63) is 0 Å². The predicted octanol–water partition coefficient (Wildman–Crippen LogP) is 0.817. The highest BCUT2D eigenvalue weighted by molar-refractivity contribution is 7.89. The quantitative estimate of drug-likeness (QED) is 0.813. The molecule has 2 atom stereocenters. The molecule has 2 unspecified atom stereocenters. The minimum absolute atomic E-state index is 0. The highest BCUT2D eigenvalue weighted by atomic mass is 35.5. The number of piperidine rings is 1. The van der Waals surface area contributed by atoms with E-state index < -0.39 is 10.0 Å². The second-order valence-electron chi connectivity index (χ2n) is 3.93. The van der Waals surface area contributed by atoms with E-state index in [0.717, 1.165) is 12.8 Å². The summed E-state index contributed by atoms with van der Waals surface area (Å²) in [6.45, 7) is 4.83. The molecule has 92 valence electrons. The van der Waals surface area contributed by atoms with E-state index >= 15 is 0 Å². The molecule has 15 heavy (non-hydrogen) atoms. The fourth-order valence-corrected chi connectivity index (χ4v) is 3.52. The van der Waals surface area contributed by atoms with Gasteiger partial charge in [0.05, 0.1) is 5.75 Å². The Labute approximate surface area is 98.7 Å². The van der Waals surface area contributed by atoms with Gasteiger partial charge < -0.3 is 5.73 Å². The Morgan fingerprint density at radius 2 is 2.07 bits per heavy atom. The molecule has 0 aromatic carbocycles. The summed E-state index contributed by atoms with van der Waals surface area (Å²) in [5.74, 6) is 0.561. The first kappa shape index (κ1) is 15.2. The van der Waals surface area contributed by atoms with Gasteiger partial charge in [-0.3, -0.25) is 0 Å². The molecule has 0 amide bonds. The fraction of sp³-hybridized carbons (Fsp3) is 1.00. The Kier molecular flexibility index (Phi) is 6.10. The number of nitrogens with two attached hydrogens (primary N) is 1. The Balaban J connectivity index is 0.00000196. The van der Waals surface area contributed by atoms with Gasteiger partial charge >= 0.3 is 0 Å². The molecule has 0 radical (unpaired) electrons. The highest BCUT2D eigenvalue weighted by Gasteiger charge is 2.34. The lowest BCUT2D eigenvalue weighted by Gasteiger charge is -2.38. The number of rotatable bonds is 3. The molecule has 1 aliphatic rings. The van der Waals surface area contributed by atoms with Crippen molar-refractivity contribution < 1.29 is 8.42 Å². The molecule has 1 saturated heterocycles. The molecule has 0 spiro atoms. The Morgan fingerprint density at radius 1 is 1.47 bits per heavy atom. The minimum atomic E-state index is -3.06. The van der Waals surface area contributed by atoms with Crippen LogP contribution in [0.1, 0.15) is 26.7 Å². The van der Waals surface area contributed by atoms with Gasteiger partial charge in [0.2, 0.25) is 10.0 Å². The summed E-state index contributed by atoms with van der Waals surface area (Å²) in [5, 5.41) is 0. The van der Waals surface area contributed by atoms with Crippen LogP contribution in [-0.2, 0) is 10.0 Å². The summed E-state index contributed by atoms with van der Waals surface area (Å²) in [6, 6.07) is 0.00806. The van der Waals surface area contributed by atoms with Crippen molar-refractivity contribution in [2.75, 3.05) is 18.8 Å². The van der Waals surface area contributed by atoms with Crippen LogP contribution in [0.4, 0.5) is 0 Å². The molecule has 0 bridgehead atoms. The van der Waals surface area contributed by atoms with E-state index in [4.69, 9.17) is 5.73 Å². The molecule has 1 fully saturated rings. The van der Waals surface area contributed by atoms with Crippen molar-refractivity contribution in [3.63, 3.8) is 0 Å². The normalized spacial score (nSPS) is 28.5. The van der Waals surface area contributed by atoms with Crippen LogP contribution in [0.3, 0.4) is 0 Å². The summed E-state index contributed by atoms with van der Waals surface area (Å²) in [5.41, 5.74) is 5.63. The van der Waals surface area contributed by atoms with Crippen molar-refractivity contribution in [1.29, 1.82) is 0 Å². The smallest absolute Gasteiger partial charge is 0.214 e. The number of halogens is 1. The van der Waals surface area contributed by atoms with Crippen LogP contribution in [0.5, 0.6) is 0 Å². The van der Waals surface area contributed by atoms with Crippen LogP contribution in [0.25, 0.3) is 0 Å². The monoisotopic (exact) mass is 256 g/mol. The summed E-state index contributed by atoms with van der Waals surface area (Å²) >= 11 is 0. The minimum Gasteiger partial charge on any atom is -0.329 e. The largest absolute Gasteiger partial charge is 0.329 e. The van der Waals surface area contributed by atoms with E-state index in [0.29, 0.717) is 19.0 Å². The molecule has 1 heterocycles. The lowest BCUT2D eigenvalue weighted by atomic mass is 9.93. The molecule has 2 N–H and O–H groups in total. The van der Waals surface area contributed by atoms with Crippen molar-refractivity contribution in [2.45, 2.75) is 32.7 Å². The maximum Gasteiger partial charge on any atom is 0.214 e. The van der Waals surface area contributed by atoms with E-state index in [9.17, 15) is 8.42 Å². The second-order valence-corrected chi connectivity index (χ2v) is 6.14. The molecular formula is C9H21ClN2O2S. The molecule has 0 aromatic rings. The van der Waals surface area contributed by atoms with Crippen LogP contribution in [0.2, 0.25) is 0 Å². The first-order chi connectivity index (χ1) is 6.53. The maximum absolute atomic E-state index is 11.7. The summed E-state index contributed by atoms with van der Waals surface area (Å²) < 4.78 is 25.1. The molecule has 1 aliphatic heterocycles. The molecule has 0 aliphatic carbocycles. The van der Waals surface area contributed by atoms with Crippen LogP contribution in [0, 0.1) is 5.92 Å². The van der Waals surface area contributed by atoms with Crippen molar-refractivity contribution in [2.24, 2.45) is 11.7 Å². The third-order valence-corrected chi connectivity index (χ3v) is 4.93. The average Bonchev–Trinajstić information content (AvgIpc) is 2.17. The summed E-state index contributed by atoms with van der Waals surface area (Å²) in [7, 11) is -3.06. The molecule has 1 rings (SSSR count). The van der Waals surface area contributed by atoms with Crippen molar-refractivity contribution in [3.8, 4) is 0 Å². The van der Waals surface area contributed by atoms with Gasteiger partial charge in [0, 0.05) is 19.1 Å². The Morgan fingerprint density at radius 3 is 2.53 bits per heavy atom. The van der Waals surface area contributed by atoms with Crippen LogP contribution in [0.15, 0.2) is 0 Å². The van der Waals surface area contributed by atoms with Gasteiger partial charge in [-0.2, -0.15) is 4.31 Å². The molecule has 4 nitrogen and oxygen atoms in total. The first-order valence-corrected chi connectivity index (χ1v) is 6.83. The lowest BCUT2D eigenvalue weighted by molar-refractivity contribution is 0.193.